The van der Waals surface area contributed by atoms with Crippen LogP contribution in [0.2, 0.25) is 5.02 Å². The van der Waals surface area contributed by atoms with Gasteiger partial charge in [0.2, 0.25) is 0 Å². The van der Waals surface area contributed by atoms with Crippen molar-refractivity contribution in [3.05, 3.63) is 65.2 Å². The lowest BCUT2D eigenvalue weighted by molar-refractivity contribution is 0.0945. The molecule has 0 saturated carbocycles. The Morgan fingerprint density at radius 3 is 2.78 bits per heavy atom. The third-order valence-corrected chi connectivity index (χ3v) is 5.38. The van der Waals surface area contributed by atoms with E-state index in [-0.39, 0.29) is 5.91 Å². The Kier molecular flexibility index (Phi) is 7.10. The van der Waals surface area contributed by atoms with Crippen LogP contribution in [0, 0.1) is 0 Å². The van der Waals surface area contributed by atoms with Crippen LogP contribution < -0.4 is 5.32 Å². The van der Waals surface area contributed by atoms with E-state index < -0.39 is 0 Å². The minimum atomic E-state index is -0.105. The summed E-state index contributed by atoms with van der Waals surface area (Å²) < 4.78 is 5.31. The number of nitrogens with zero attached hydrogens (tertiary/aromatic N) is 1. The number of nitrogens with one attached hydrogen (secondary N) is 1. The third kappa shape index (κ3) is 5.22. The van der Waals surface area contributed by atoms with Crippen molar-refractivity contribution in [3.63, 3.8) is 0 Å². The van der Waals surface area contributed by atoms with Gasteiger partial charge in [0.1, 0.15) is 5.03 Å². The molecule has 1 aromatic heterocycles. The van der Waals surface area contributed by atoms with E-state index in [0.29, 0.717) is 30.3 Å². The number of para-hydroxylation sites is 1. The van der Waals surface area contributed by atoms with Crippen molar-refractivity contribution < 1.29 is 9.53 Å². The van der Waals surface area contributed by atoms with Crippen molar-refractivity contribution in [2.75, 3.05) is 19.8 Å². The van der Waals surface area contributed by atoms with Crippen molar-refractivity contribution in [1.29, 1.82) is 0 Å². The normalized spacial score (nSPS) is 10.9. The van der Waals surface area contributed by atoms with Gasteiger partial charge in [-0.05, 0) is 37.6 Å². The molecule has 6 heteroatoms. The lowest BCUT2D eigenvalue weighted by Gasteiger charge is -2.11. The lowest BCUT2D eigenvalue weighted by atomic mass is 10.1. The number of amides is 1. The quantitative estimate of drug-likeness (QED) is 0.528. The van der Waals surface area contributed by atoms with Crippen LogP contribution in [0.5, 0.6) is 0 Å². The Morgan fingerprint density at radius 1 is 1.19 bits per heavy atom. The average molecular weight is 401 g/mol. The second-order valence-corrected chi connectivity index (χ2v) is 7.33. The molecule has 0 unspecified atom stereocenters. The van der Waals surface area contributed by atoms with Crippen LogP contribution in [-0.4, -0.2) is 30.6 Å². The van der Waals surface area contributed by atoms with E-state index in [1.54, 1.807) is 0 Å². The van der Waals surface area contributed by atoms with Gasteiger partial charge in [0.15, 0.2) is 0 Å². The summed E-state index contributed by atoms with van der Waals surface area (Å²) in [4.78, 5) is 18.3. The van der Waals surface area contributed by atoms with Gasteiger partial charge in [-0.2, -0.15) is 0 Å². The van der Waals surface area contributed by atoms with Gasteiger partial charge >= 0.3 is 0 Å². The van der Waals surface area contributed by atoms with Crippen molar-refractivity contribution in [3.8, 4) is 0 Å². The molecule has 4 nitrogen and oxygen atoms in total. The topological polar surface area (TPSA) is 51.2 Å². The fraction of sp³-hybridized carbons (Fsp3) is 0.238. The van der Waals surface area contributed by atoms with Crippen molar-refractivity contribution in [2.45, 2.75) is 23.3 Å². The highest BCUT2D eigenvalue weighted by Crippen LogP contribution is 2.33. The number of halogens is 1. The molecule has 1 amide bonds. The first-order valence-electron chi connectivity index (χ1n) is 8.87. The SMILES string of the molecule is CCOCCCNC(=O)c1cc(Sc2ccccc2Cl)nc2ccccc12. The summed E-state index contributed by atoms with van der Waals surface area (Å²) in [6.45, 7) is 3.86. The predicted molar refractivity (Wildman–Crippen MR) is 111 cm³/mol. The molecular formula is C21H21ClN2O2S. The lowest BCUT2D eigenvalue weighted by Crippen LogP contribution is -2.25. The van der Waals surface area contributed by atoms with Crippen LogP contribution in [0.3, 0.4) is 0 Å². The predicted octanol–water partition coefficient (Wildman–Crippen LogP) is 5.20. The number of benzene rings is 2. The van der Waals surface area contributed by atoms with E-state index in [0.717, 1.165) is 27.2 Å². The number of carbonyl (C=O) groups excluding carboxylic acids is 1. The Balaban J connectivity index is 1.85. The van der Waals surface area contributed by atoms with Crippen LogP contribution in [0.15, 0.2) is 64.5 Å². The molecule has 0 fully saturated rings. The monoisotopic (exact) mass is 400 g/mol. The van der Waals surface area contributed by atoms with Crippen molar-refractivity contribution in [2.24, 2.45) is 0 Å². The Labute approximate surface area is 168 Å². The van der Waals surface area contributed by atoms with Gasteiger partial charge in [0.05, 0.1) is 16.1 Å². The number of ether oxygens (including phenoxy) is 1. The van der Waals surface area contributed by atoms with E-state index in [2.05, 4.69) is 10.3 Å². The fourth-order valence-corrected chi connectivity index (χ4v) is 3.76. The summed E-state index contributed by atoms with van der Waals surface area (Å²) in [6, 6.07) is 17.1. The van der Waals surface area contributed by atoms with E-state index in [9.17, 15) is 4.79 Å². The zero-order valence-electron chi connectivity index (χ0n) is 15.1. The van der Waals surface area contributed by atoms with Crippen molar-refractivity contribution in [1.82, 2.24) is 10.3 Å². The highest BCUT2D eigenvalue weighted by atomic mass is 35.5. The number of fused-ring (bicyclic) bond motifs is 1. The second-order valence-electron chi connectivity index (χ2n) is 5.86. The maximum Gasteiger partial charge on any atom is 0.252 e. The number of aromatic nitrogens is 1. The van der Waals surface area contributed by atoms with Crippen LogP contribution in [-0.2, 0) is 4.74 Å². The first kappa shape index (κ1) is 19.7. The third-order valence-electron chi connectivity index (χ3n) is 3.94. The van der Waals surface area contributed by atoms with Gasteiger partial charge in [-0.3, -0.25) is 4.79 Å². The molecule has 1 N–H and O–H groups in total. The number of pyridine rings is 1. The molecule has 1 heterocycles. The largest absolute Gasteiger partial charge is 0.382 e. The van der Waals surface area contributed by atoms with Crippen LogP contribution in [0.1, 0.15) is 23.7 Å². The summed E-state index contributed by atoms with van der Waals surface area (Å²) in [5.41, 5.74) is 1.40. The summed E-state index contributed by atoms with van der Waals surface area (Å²) in [5.74, 6) is -0.105. The van der Waals surface area contributed by atoms with E-state index in [1.165, 1.54) is 11.8 Å². The van der Waals surface area contributed by atoms with Gasteiger partial charge in [-0.1, -0.05) is 53.7 Å². The smallest absolute Gasteiger partial charge is 0.252 e. The zero-order valence-corrected chi connectivity index (χ0v) is 16.6. The Hall–Kier alpha value is -2.08. The fourth-order valence-electron chi connectivity index (χ4n) is 2.65. The minimum absolute atomic E-state index is 0.105. The summed E-state index contributed by atoms with van der Waals surface area (Å²) in [7, 11) is 0. The number of hydrogen-bond acceptors (Lipinski definition) is 4. The standard InChI is InChI=1S/C21H21ClN2O2S/c1-2-26-13-7-12-23-21(25)16-14-20(24-18-10-5-3-8-15(16)18)27-19-11-6-4-9-17(19)22/h3-6,8-11,14H,2,7,12-13H2,1H3,(H,23,25). The summed E-state index contributed by atoms with van der Waals surface area (Å²) >= 11 is 7.72. The summed E-state index contributed by atoms with van der Waals surface area (Å²) in [6.07, 6.45) is 0.782. The maximum absolute atomic E-state index is 12.7. The highest BCUT2D eigenvalue weighted by Gasteiger charge is 2.14. The van der Waals surface area contributed by atoms with Crippen molar-refractivity contribution >= 4 is 40.2 Å². The summed E-state index contributed by atoms with van der Waals surface area (Å²) in [5, 5.41) is 5.21. The van der Waals surface area contributed by atoms with E-state index >= 15 is 0 Å². The van der Waals surface area contributed by atoms with Gasteiger partial charge in [-0.25, -0.2) is 4.98 Å². The molecule has 0 atom stereocenters. The van der Waals surface area contributed by atoms with Gasteiger partial charge in [0, 0.05) is 30.0 Å². The molecule has 0 saturated heterocycles. The van der Waals surface area contributed by atoms with Gasteiger partial charge in [-0.15, -0.1) is 0 Å². The molecule has 0 bridgehead atoms. The van der Waals surface area contributed by atoms with E-state index in [4.69, 9.17) is 16.3 Å². The van der Waals surface area contributed by atoms with Crippen LogP contribution >= 0.6 is 23.4 Å². The number of rotatable bonds is 8. The Bertz CT molecular complexity index is 933. The molecule has 140 valence electrons. The van der Waals surface area contributed by atoms with Gasteiger partial charge < -0.3 is 10.1 Å². The average Bonchev–Trinajstić information content (AvgIpc) is 2.69. The molecule has 0 aliphatic carbocycles. The number of carbonyl (C=O) groups is 1. The van der Waals surface area contributed by atoms with Gasteiger partial charge in [0.25, 0.3) is 5.91 Å². The first-order valence-corrected chi connectivity index (χ1v) is 10.1. The molecule has 2 aromatic carbocycles. The molecule has 3 rings (SSSR count). The highest BCUT2D eigenvalue weighted by molar-refractivity contribution is 7.99. The molecule has 0 aliphatic heterocycles. The molecular weight excluding hydrogens is 380 g/mol. The maximum atomic E-state index is 12.7. The molecule has 3 aromatic rings. The minimum Gasteiger partial charge on any atom is -0.382 e. The molecule has 0 spiro atoms. The molecule has 27 heavy (non-hydrogen) atoms. The van der Waals surface area contributed by atoms with Crippen LogP contribution in [0.4, 0.5) is 0 Å². The second kappa shape index (κ2) is 9.74. The van der Waals surface area contributed by atoms with E-state index in [1.807, 2.05) is 61.5 Å². The Morgan fingerprint density at radius 2 is 1.96 bits per heavy atom. The molecule has 0 aliphatic rings. The number of hydrogen-bond donors (Lipinski definition) is 1. The van der Waals surface area contributed by atoms with Crippen LogP contribution in [0.25, 0.3) is 10.9 Å². The first-order chi connectivity index (χ1) is 13.2. The zero-order chi connectivity index (χ0) is 19.1. The molecule has 0 radical (unpaired) electrons.